The minimum atomic E-state index is -0.468. The fraction of sp³-hybridized carbons (Fsp3) is 0.357. The Balaban J connectivity index is 2.83. The van der Waals surface area contributed by atoms with E-state index in [0.717, 1.165) is 11.1 Å². The van der Waals surface area contributed by atoms with Gasteiger partial charge in [-0.15, -0.1) is 6.58 Å². The van der Waals surface area contributed by atoms with E-state index >= 15 is 0 Å². The summed E-state index contributed by atoms with van der Waals surface area (Å²) in [7, 11) is 3.03. The van der Waals surface area contributed by atoms with Crippen LogP contribution in [-0.4, -0.2) is 26.7 Å². The van der Waals surface area contributed by atoms with Crippen LogP contribution in [0.4, 0.5) is 0 Å². The predicted molar refractivity (Wildman–Crippen MR) is 70.1 cm³/mol. The van der Waals surface area contributed by atoms with Gasteiger partial charge in [-0.25, -0.2) is 4.79 Å². The van der Waals surface area contributed by atoms with Gasteiger partial charge in [0, 0.05) is 13.7 Å². The average molecular weight is 249 g/mol. The van der Waals surface area contributed by atoms with Gasteiger partial charge in [-0.3, -0.25) is 5.32 Å². The zero-order valence-electron chi connectivity index (χ0n) is 10.8. The lowest BCUT2D eigenvalue weighted by Gasteiger charge is -2.16. The molecule has 0 radical (unpaired) electrons. The first-order valence-electron chi connectivity index (χ1n) is 5.72. The van der Waals surface area contributed by atoms with E-state index in [1.54, 1.807) is 13.2 Å². The number of benzene rings is 1. The number of hydrogen-bond acceptors (Lipinski definition) is 4. The maximum atomic E-state index is 11.7. The average Bonchev–Trinajstić information content (AvgIpc) is 2.41. The van der Waals surface area contributed by atoms with Gasteiger partial charge in [0.05, 0.1) is 13.7 Å². The van der Waals surface area contributed by atoms with Crippen molar-refractivity contribution in [1.82, 2.24) is 5.32 Å². The number of ether oxygens (including phenoxy) is 2. The molecule has 0 heterocycles. The Labute approximate surface area is 108 Å². The normalized spacial score (nSPS) is 11.9. The molecule has 1 N–H and O–H groups in total. The molecule has 0 spiro atoms. The molecular weight excluding hydrogens is 230 g/mol. The quantitative estimate of drug-likeness (QED) is 0.591. The van der Waals surface area contributed by atoms with Gasteiger partial charge in [-0.05, 0) is 11.1 Å². The molecule has 1 rings (SSSR count). The summed E-state index contributed by atoms with van der Waals surface area (Å²) < 4.78 is 9.82. The van der Waals surface area contributed by atoms with Gasteiger partial charge in [0.1, 0.15) is 6.04 Å². The number of carbonyl (C=O) groups is 1. The van der Waals surface area contributed by atoms with Crippen molar-refractivity contribution in [3.8, 4) is 0 Å². The monoisotopic (exact) mass is 249 g/mol. The number of nitrogens with one attached hydrogen (secondary N) is 1. The first-order valence-corrected chi connectivity index (χ1v) is 5.72. The van der Waals surface area contributed by atoms with E-state index in [-0.39, 0.29) is 5.97 Å². The zero-order valence-corrected chi connectivity index (χ0v) is 10.8. The van der Waals surface area contributed by atoms with Crippen molar-refractivity contribution in [2.24, 2.45) is 0 Å². The van der Waals surface area contributed by atoms with Crippen molar-refractivity contribution < 1.29 is 14.3 Å². The molecule has 98 valence electrons. The summed E-state index contributed by atoms with van der Waals surface area (Å²) in [6, 6.07) is 7.19. The lowest BCUT2D eigenvalue weighted by molar-refractivity contribution is -0.143. The highest BCUT2D eigenvalue weighted by Crippen LogP contribution is 2.16. The first kappa shape index (κ1) is 14.4. The Hall–Kier alpha value is -1.65. The third-order valence-corrected chi connectivity index (χ3v) is 2.53. The molecule has 0 fully saturated rings. The SMILES string of the molecule is C=CCNC(C(=O)OC)c1ccc(COC)cc1. The number of rotatable bonds is 7. The summed E-state index contributed by atoms with van der Waals surface area (Å²) in [6.07, 6.45) is 1.70. The van der Waals surface area contributed by atoms with E-state index in [0.29, 0.717) is 13.2 Å². The van der Waals surface area contributed by atoms with Crippen molar-refractivity contribution in [3.05, 3.63) is 48.0 Å². The molecule has 0 saturated heterocycles. The Morgan fingerprint density at radius 3 is 2.56 bits per heavy atom. The van der Waals surface area contributed by atoms with Crippen LogP contribution in [0.1, 0.15) is 17.2 Å². The van der Waals surface area contributed by atoms with Gasteiger partial charge >= 0.3 is 5.97 Å². The van der Waals surface area contributed by atoms with Crippen LogP contribution in [0.2, 0.25) is 0 Å². The molecule has 0 aromatic heterocycles. The Morgan fingerprint density at radius 2 is 2.06 bits per heavy atom. The van der Waals surface area contributed by atoms with Gasteiger partial charge < -0.3 is 9.47 Å². The standard InChI is InChI=1S/C14H19NO3/c1-4-9-15-13(14(16)18-3)12-7-5-11(6-8-12)10-17-2/h4-8,13,15H,1,9-10H2,2-3H3. The molecule has 1 atom stereocenters. The van der Waals surface area contributed by atoms with Crippen molar-refractivity contribution in [2.45, 2.75) is 12.6 Å². The van der Waals surface area contributed by atoms with E-state index < -0.39 is 6.04 Å². The molecule has 4 nitrogen and oxygen atoms in total. The first-order chi connectivity index (χ1) is 8.72. The fourth-order valence-corrected chi connectivity index (χ4v) is 1.63. The highest BCUT2D eigenvalue weighted by molar-refractivity contribution is 5.77. The van der Waals surface area contributed by atoms with Crippen LogP contribution < -0.4 is 5.32 Å². The number of methoxy groups -OCH3 is 2. The third kappa shape index (κ3) is 3.98. The Morgan fingerprint density at radius 1 is 1.39 bits per heavy atom. The molecule has 0 aliphatic heterocycles. The van der Waals surface area contributed by atoms with E-state index in [9.17, 15) is 4.79 Å². The van der Waals surface area contributed by atoms with Crippen molar-refractivity contribution in [2.75, 3.05) is 20.8 Å². The minimum Gasteiger partial charge on any atom is -0.468 e. The molecular formula is C14H19NO3. The maximum absolute atomic E-state index is 11.7. The largest absolute Gasteiger partial charge is 0.468 e. The van der Waals surface area contributed by atoms with Crippen LogP contribution in [0.3, 0.4) is 0 Å². The summed E-state index contributed by atoms with van der Waals surface area (Å²) in [5.74, 6) is -0.309. The summed E-state index contributed by atoms with van der Waals surface area (Å²) >= 11 is 0. The van der Waals surface area contributed by atoms with Gasteiger partial charge in [0.25, 0.3) is 0 Å². The second kappa shape index (κ2) is 7.63. The van der Waals surface area contributed by atoms with Crippen molar-refractivity contribution >= 4 is 5.97 Å². The molecule has 0 aliphatic rings. The van der Waals surface area contributed by atoms with Gasteiger partial charge in [-0.2, -0.15) is 0 Å². The number of hydrogen-bond donors (Lipinski definition) is 1. The van der Waals surface area contributed by atoms with E-state index in [4.69, 9.17) is 9.47 Å². The summed E-state index contributed by atoms with van der Waals surface area (Å²) in [6.45, 7) is 4.72. The molecule has 0 aliphatic carbocycles. The van der Waals surface area contributed by atoms with Crippen LogP contribution in [0, 0.1) is 0 Å². The Kier molecular flexibility index (Phi) is 6.11. The highest BCUT2D eigenvalue weighted by atomic mass is 16.5. The van der Waals surface area contributed by atoms with Crippen LogP contribution >= 0.6 is 0 Å². The third-order valence-electron chi connectivity index (χ3n) is 2.53. The van der Waals surface area contributed by atoms with Crippen molar-refractivity contribution in [3.63, 3.8) is 0 Å². The molecule has 4 heteroatoms. The van der Waals surface area contributed by atoms with Crippen LogP contribution in [0.15, 0.2) is 36.9 Å². The number of carbonyl (C=O) groups excluding carboxylic acids is 1. The Bertz CT molecular complexity index is 387. The van der Waals surface area contributed by atoms with E-state index in [2.05, 4.69) is 11.9 Å². The van der Waals surface area contributed by atoms with E-state index in [1.807, 2.05) is 24.3 Å². The lowest BCUT2D eigenvalue weighted by Crippen LogP contribution is -2.29. The van der Waals surface area contributed by atoms with Crippen molar-refractivity contribution in [1.29, 1.82) is 0 Å². The fourth-order valence-electron chi connectivity index (χ4n) is 1.63. The molecule has 0 saturated carbocycles. The van der Waals surface area contributed by atoms with Gasteiger partial charge in [-0.1, -0.05) is 30.3 Å². The summed E-state index contributed by atoms with van der Waals surface area (Å²) in [5.41, 5.74) is 1.93. The second-order valence-corrected chi connectivity index (χ2v) is 3.83. The molecule has 0 amide bonds. The lowest BCUT2D eigenvalue weighted by atomic mass is 10.0. The van der Waals surface area contributed by atoms with Crippen LogP contribution in [-0.2, 0) is 20.9 Å². The topological polar surface area (TPSA) is 47.6 Å². The maximum Gasteiger partial charge on any atom is 0.327 e. The smallest absolute Gasteiger partial charge is 0.327 e. The summed E-state index contributed by atoms with van der Waals surface area (Å²) in [4.78, 5) is 11.7. The molecule has 18 heavy (non-hydrogen) atoms. The zero-order chi connectivity index (χ0) is 13.4. The van der Waals surface area contributed by atoms with Crippen LogP contribution in [0.25, 0.3) is 0 Å². The van der Waals surface area contributed by atoms with Gasteiger partial charge in [0.15, 0.2) is 0 Å². The summed E-state index contributed by atoms with van der Waals surface area (Å²) in [5, 5.41) is 3.06. The highest BCUT2D eigenvalue weighted by Gasteiger charge is 2.19. The second-order valence-electron chi connectivity index (χ2n) is 3.83. The molecule has 0 bridgehead atoms. The van der Waals surface area contributed by atoms with Gasteiger partial charge in [0.2, 0.25) is 0 Å². The number of esters is 1. The van der Waals surface area contributed by atoms with Crippen LogP contribution in [0.5, 0.6) is 0 Å². The predicted octanol–water partition coefficient (Wildman–Crippen LogP) is 1.82. The van der Waals surface area contributed by atoms with E-state index in [1.165, 1.54) is 7.11 Å². The molecule has 1 aromatic rings. The molecule has 1 unspecified atom stereocenters. The minimum absolute atomic E-state index is 0.309. The molecule has 1 aromatic carbocycles.